The summed E-state index contributed by atoms with van der Waals surface area (Å²) in [6, 6.07) is 9.34. The standard InChI is InChI=1S/C12H8O4.2Cs/c13-11(14)9-6-5-7-3-1-2-4-8(7)10(9)12(15)16;;/h1-6H,(H,13,14)(H,15,16);;/q;2*+1/p-2. The number of carboxylic acids is 2. The summed E-state index contributed by atoms with van der Waals surface area (Å²) < 4.78 is 0. The summed E-state index contributed by atoms with van der Waals surface area (Å²) in [5.74, 6) is -3.04. The molecule has 6 heteroatoms. The Morgan fingerprint density at radius 3 is 2.00 bits per heavy atom. The average molecular weight is 480 g/mol. The third-order valence-corrected chi connectivity index (χ3v) is 2.35. The van der Waals surface area contributed by atoms with Gasteiger partial charge in [0.2, 0.25) is 0 Å². The number of rotatable bonds is 2. The molecule has 4 nitrogen and oxygen atoms in total. The third kappa shape index (κ3) is 4.37. The second-order valence-electron chi connectivity index (χ2n) is 3.28. The van der Waals surface area contributed by atoms with Crippen LogP contribution in [0.15, 0.2) is 36.4 Å². The SMILES string of the molecule is O=C([O-])c1ccc2ccccc2c1C(=O)[O-].[Cs+].[Cs+]. The Hall–Kier alpha value is 1.74. The summed E-state index contributed by atoms with van der Waals surface area (Å²) in [7, 11) is 0. The molecule has 0 saturated carbocycles. The number of hydrogen-bond donors (Lipinski definition) is 0. The Morgan fingerprint density at radius 1 is 0.833 bits per heavy atom. The molecule has 0 radical (unpaired) electrons. The van der Waals surface area contributed by atoms with Crippen LogP contribution in [0.1, 0.15) is 20.7 Å². The van der Waals surface area contributed by atoms with Crippen LogP contribution in [-0.2, 0) is 0 Å². The number of carboxylic acid groups (broad SMARTS) is 2. The van der Waals surface area contributed by atoms with Crippen LogP contribution in [0.2, 0.25) is 0 Å². The summed E-state index contributed by atoms with van der Waals surface area (Å²) in [4.78, 5) is 21.7. The van der Waals surface area contributed by atoms with Crippen LogP contribution < -0.4 is 148 Å². The van der Waals surface area contributed by atoms with Gasteiger partial charge in [0.1, 0.15) is 0 Å². The van der Waals surface area contributed by atoms with Crippen LogP contribution in [0.3, 0.4) is 0 Å². The minimum absolute atomic E-state index is 0. The van der Waals surface area contributed by atoms with Gasteiger partial charge in [0, 0.05) is 11.1 Å². The molecule has 0 atom stereocenters. The maximum atomic E-state index is 10.9. The van der Waals surface area contributed by atoms with Crippen LogP contribution in [0.5, 0.6) is 0 Å². The van der Waals surface area contributed by atoms with Crippen molar-refractivity contribution >= 4 is 22.7 Å². The number of carbonyl (C=O) groups excluding carboxylic acids is 2. The van der Waals surface area contributed by atoms with Crippen molar-refractivity contribution in [1.29, 1.82) is 0 Å². The first-order valence-corrected chi connectivity index (χ1v) is 4.55. The molecule has 80 valence electrons. The molecule has 0 aliphatic carbocycles. The molecule has 0 aliphatic rings. The molecule has 2 aromatic rings. The van der Waals surface area contributed by atoms with Crippen molar-refractivity contribution in [3.05, 3.63) is 47.5 Å². The number of aromatic carboxylic acids is 2. The molecule has 0 fully saturated rings. The van der Waals surface area contributed by atoms with Gasteiger partial charge in [-0.15, -0.1) is 0 Å². The van der Waals surface area contributed by atoms with E-state index in [0.717, 1.165) is 0 Å². The normalized spacial score (nSPS) is 9.11. The van der Waals surface area contributed by atoms with Gasteiger partial charge in [-0.1, -0.05) is 36.4 Å². The first-order valence-electron chi connectivity index (χ1n) is 4.55. The minimum atomic E-state index is -1.52. The van der Waals surface area contributed by atoms with Gasteiger partial charge in [-0.2, -0.15) is 0 Å². The van der Waals surface area contributed by atoms with Crippen molar-refractivity contribution in [2.75, 3.05) is 0 Å². The second-order valence-corrected chi connectivity index (χ2v) is 3.28. The number of hydrogen-bond acceptors (Lipinski definition) is 4. The second kappa shape index (κ2) is 8.90. The maximum Gasteiger partial charge on any atom is 1.00 e. The summed E-state index contributed by atoms with van der Waals surface area (Å²) in [5.41, 5.74) is -0.697. The summed E-state index contributed by atoms with van der Waals surface area (Å²) in [5, 5.41) is 22.7. The predicted molar refractivity (Wildman–Crippen MR) is 52.6 cm³/mol. The molecule has 0 spiro atoms. The van der Waals surface area contributed by atoms with Gasteiger partial charge in [-0.25, -0.2) is 0 Å². The Balaban J connectivity index is 0.00000144. The first-order chi connectivity index (χ1) is 7.61. The smallest absolute Gasteiger partial charge is 0.545 e. The van der Waals surface area contributed by atoms with Gasteiger partial charge in [-0.3, -0.25) is 0 Å². The molecule has 0 aliphatic heterocycles. The van der Waals surface area contributed by atoms with Crippen LogP contribution in [-0.4, -0.2) is 11.9 Å². The molecular formula is C12H6Cs2O4. The van der Waals surface area contributed by atoms with E-state index in [1.54, 1.807) is 18.2 Å². The molecule has 0 amide bonds. The van der Waals surface area contributed by atoms with Crippen LogP contribution in [0, 0.1) is 0 Å². The molecule has 0 N–H and O–H groups in total. The Labute approximate surface area is 221 Å². The van der Waals surface area contributed by atoms with E-state index in [1.807, 2.05) is 0 Å². The first kappa shape index (κ1) is 19.7. The number of fused-ring (bicyclic) bond motifs is 1. The summed E-state index contributed by atoms with van der Waals surface area (Å²) in [6.07, 6.45) is 0. The van der Waals surface area contributed by atoms with Gasteiger partial charge >= 0.3 is 138 Å². The molecule has 0 heterocycles. The molecular weight excluding hydrogens is 474 g/mol. The van der Waals surface area contributed by atoms with Gasteiger partial charge in [0.05, 0.1) is 11.9 Å². The van der Waals surface area contributed by atoms with E-state index < -0.39 is 11.9 Å². The zero-order valence-corrected chi connectivity index (χ0v) is 22.7. The number of benzene rings is 2. The molecule has 0 aromatic heterocycles. The molecule has 2 rings (SSSR count). The summed E-state index contributed by atoms with van der Waals surface area (Å²) in [6.45, 7) is 0. The van der Waals surface area contributed by atoms with Crippen LogP contribution >= 0.6 is 0 Å². The van der Waals surface area contributed by atoms with Crippen molar-refractivity contribution in [3.63, 3.8) is 0 Å². The Morgan fingerprint density at radius 2 is 1.44 bits per heavy atom. The van der Waals surface area contributed by atoms with Crippen LogP contribution in [0.4, 0.5) is 0 Å². The fraction of sp³-hybridized carbons (Fsp3) is 0. The van der Waals surface area contributed by atoms with Crippen molar-refractivity contribution in [2.24, 2.45) is 0 Å². The fourth-order valence-corrected chi connectivity index (χ4v) is 1.66. The van der Waals surface area contributed by atoms with E-state index >= 15 is 0 Å². The van der Waals surface area contributed by atoms with Gasteiger partial charge in [0.25, 0.3) is 0 Å². The molecule has 0 unspecified atom stereocenters. The summed E-state index contributed by atoms with van der Waals surface area (Å²) >= 11 is 0. The van der Waals surface area contributed by atoms with Crippen molar-refractivity contribution < 1.29 is 158 Å². The van der Waals surface area contributed by atoms with Crippen LogP contribution in [0.25, 0.3) is 10.8 Å². The van der Waals surface area contributed by atoms with E-state index in [2.05, 4.69) is 0 Å². The topological polar surface area (TPSA) is 80.3 Å². The third-order valence-electron chi connectivity index (χ3n) is 2.35. The molecule has 18 heavy (non-hydrogen) atoms. The van der Waals surface area contributed by atoms with Crippen molar-refractivity contribution in [2.45, 2.75) is 0 Å². The largest absolute Gasteiger partial charge is 1.00 e. The zero-order valence-electron chi connectivity index (χ0n) is 10.1. The van der Waals surface area contributed by atoms with E-state index in [0.29, 0.717) is 10.8 Å². The molecule has 0 saturated heterocycles. The quantitative estimate of drug-likeness (QED) is 0.429. The van der Waals surface area contributed by atoms with E-state index in [-0.39, 0.29) is 149 Å². The Kier molecular flexibility index (Phi) is 9.77. The zero-order chi connectivity index (χ0) is 11.7. The van der Waals surface area contributed by atoms with Gasteiger partial charge < -0.3 is 19.8 Å². The molecule has 2 aromatic carbocycles. The number of carbonyl (C=O) groups is 2. The average Bonchev–Trinajstić information content (AvgIpc) is 2.27. The monoisotopic (exact) mass is 480 g/mol. The minimum Gasteiger partial charge on any atom is -0.545 e. The molecule has 0 bridgehead atoms. The predicted octanol–water partition coefficient (Wildman–Crippen LogP) is -6.43. The van der Waals surface area contributed by atoms with E-state index in [1.165, 1.54) is 18.2 Å². The van der Waals surface area contributed by atoms with Crippen molar-refractivity contribution in [3.8, 4) is 0 Å². The van der Waals surface area contributed by atoms with E-state index in [9.17, 15) is 19.8 Å². The fourth-order valence-electron chi connectivity index (χ4n) is 1.66. The Bertz CT molecular complexity index is 596. The van der Waals surface area contributed by atoms with Gasteiger partial charge in [-0.05, 0) is 10.8 Å². The van der Waals surface area contributed by atoms with Gasteiger partial charge in [0.15, 0.2) is 0 Å². The van der Waals surface area contributed by atoms with E-state index in [4.69, 9.17) is 0 Å². The van der Waals surface area contributed by atoms with Crippen molar-refractivity contribution in [1.82, 2.24) is 0 Å². The maximum absolute atomic E-state index is 10.9.